The molecular formula is C21H36N4O2. The second-order valence-electron chi connectivity index (χ2n) is 7.25. The van der Waals surface area contributed by atoms with Crippen LogP contribution in [-0.2, 0) is 6.54 Å². The SMILES string of the molecule is CCCN1CCC(CNC(=NC)N(C)Cc2ccc(OC)cc2OC)CC1. The lowest BCUT2D eigenvalue weighted by Gasteiger charge is -2.32. The molecule has 27 heavy (non-hydrogen) atoms. The maximum Gasteiger partial charge on any atom is 0.193 e. The largest absolute Gasteiger partial charge is 0.497 e. The Hall–Kier alpha value is -1.95. The lowest BCUT2D eigenvalue weighted by molar-refractivity contribution is 0.185. The number of hydrogen-bond donors (Lipinski definition) is 1. The van der Waals surface area contributed by atoms with Crippen molar-refractivity contribution >= 4 is 5.96 Å². The van der Waals surface area contributed by atoms with Crippen LogP contribution >= 0.6 is 0 Å². The first-order chi connectivity index (χ1) is 13.1. The van der Waals surface area contributed by atoms with Crippen molar-refractivity contribution in [1.29, 1.82) is 0 Å². The Labute approximate surface area is 164 Å². The van der Waals surface area contributed by atoms with Crippen LogP contribution in [0.4, 0.5) is 0 Å². The van der Waals surface area contributed by atoms with Crippen LogP contribution in [0.5, 0.6) is 11.5 Å². The molecule has 0 aliphatic carbocycles. The van der Waals surface area contributed by atoms with E-state index in [0.717, 1.165) is 42.0 Å². The molecule has 6 nitrogen and oxygen atoms in total. The second kappa shape index (κ2) is 11.0. The average Bonchev–Trinajstić information content (AvgIpc) is 2.70. The highest BCUT2D eigenvalue weighted by molar-refractivity contribution is 5.79. The van der Waals surface area contributed by atoms with E-state index in [2.05, 4.69) is 34.1 Å². The van der Waals surface area contributed by atoms with Crippen molar-refractivity contribution in [3.8, 4) is 11.5 Å². The van der Waals surface area contributed by atoms with Gasteiger partial charge in [0.15, 0.2) is 5.96 Å². The van der Waals surface area contributed by atoms with Crippen LogP contribution in [0.3, 0.4) is 0 Å². The van der Waals surface area contributed by atoms with Crippen LogP contribution in [0.1, 0.15) is 31.7 Å². The van der Waals surface area contributed by atoms with Crippen LogP contribution < -0.4 is 14.8 Å². The molecule has 1 N–H and O–H groups in total. The van der Waals surface area contributed by atoms with Gasteiger partial charge in [-0.15, -0.1) is 0 Å². The summed E-state index contributed by atoms with van der Waals surface area (Å²) in [6, 6.07) is 5.93. The molecule has 0 aromatic heterocycles. The van der Waals surface area contributed by atoms with E-state index in [4.69, 9.17) is 9.47 Å². The van der Waals surface area contributed by atoms with Crippen molar-refractivity contribution < 1.29 is 9.47 Å². The summed E-state index contributed by atoms with van der Waals surface area (Å²) in [7, 11) is 7.26. The molecular weight excluding hydrogens is 340 g/mol. The molecule has 1 aromatic carbocycles. The molecule has 1 aromatic rings. The standard InChI is InChI=1S/C21H36N4O2/c1-6-11-25-12-9-17(10-13-25)15-23-21(22-2)24(3)16-18-7-8-19(26-4)14-20(18)27-5/h7-8,14,17H,6,9-13,15-16H2,1-5H3,(H,22,23). The van der Waals surface area contributed by atoms with Crippen LogP contribution in [0, 0.1) is 5.92 Å². The highest BCUT2D eigenvalue weighted by atomic mass is 16.5. The van der Waals surface area contributed by atoms with E-state index in [0.29, 0.717) is 0 Å². The zero-order valence-corrected chi connectivity index (χ0v) is 17.6. The Balaban J connectivity index is 1.87. The maximum atomic E-state index is 5.52. The maximum absolute atomic E-state index is 5.52. The molecule has 1 saturated heterocycles. The third-order valence-electron chi connectivity index (χ3n) is 5.27. The molecule has 0 radical (unpaired) electrons. The van der Waals surface area contributed by atoms with Crippen LogP contribution in [0.2, 0.25) is 0 Å². The number of piperidine rings is 1. The number of benzene rings is 1. The Morgan fingerprint density at radius 3 is 2.59 bits per heavy atom. The molecule has 0 spiro atoms. The summed E-state index contributed by atoms with van der Waals surface area (Å²) in [5.74, 6) is 3.28. The number of guanidine groups is 1. The summed E-state index contributed by atoms with van der Waals surface area (Å²) >= 11 is 0. The minimum atomic E-state index is 0.721. The van der Waals surface area contributed by atoms with Gasteiger partial charge in [-0.3, -0.25) is 4.99 Å². The molecule has 1 fully saturated rings. The van der Waals surface area contributed by atoms with Crippen LogP contribution in [0.25, 0.3) is 0 Å². The number of ether oxygens (including phenoxy) is 2. The summed E-state index contributed by atoms with van der Waals surface area (Å²) in [6.45, 7) is 7.63. The third-order valence-corrected chi connectivity index (χ3v) is 5.27. The molecule has 1 aliphatic rings. The van der Waals surface area contributed by atoms with Gasteiger partial charge in [0.2, 0.25) is 0 Å². The number of nitrogens with one attached hydrogen (secondary N) is 1. The topological polar surface area (TPSA) is 49.3 Å². The van der Waals surface area contributed by atoms with Gasteiger partial charge in [0, 0.05) is 38.8 Å². The normalized spacial score (nSPS) is 16.3. The Bertz CT molecular complexity index is 598. The van der Waals surface area contributed by atoms with Crippen molar-refractivity contribution in [2.24, 2.45) is 10.9 Å². The van der Waals surface area contributed by atoms with Crippen molar-refractivity contribution in [2.45, 2.75) is 32.7 Å². The Kier molecular flexibility index (Phi) is 8.72. The molecule has 0 saturated carbocycles. The number of nitrogens with zero attached hydrogens (tertiary/aromatic N) is 3. The van der Waals surface area contributed by atoms with Crippen LogP contribution in [0.15, 0.2) is 23.2 Å². The number of hydrogen-bond acceptors (Lipinski definition) is 4. The van der Waals surface area contributed by atoms with E-state index in [1.807, 2.05) is 25.2 Å². The molecule has 0 atom stereocenters. The number of rotatable bonds is 8. The predicted octanol–water partition coefficient (Wildman–Crippen LogP) is 2.83. The summed E-state index contributed by atoms with van der Waals surface area (Å²) in [4.78, 5) is 9.17. The first kappa shape index (κ1) is 21.4. The first-order valence-electron chi connectivity index (χ1n) is 9.96. The van der Waals surface area contributed by atoms with Crippen molar-refractivity contribution in [2.75, 3.05) is 54.5 Å². The quantitative estimate of drug-likeness (QED) is 0.558. The van der Waals surface area contributed by atoms with E-state index in [1.54, 1.807) is 14.2 Å². The number of methoxy groups -OCH3 is 2. The second-order valence-corrected chi connectivity index (χ2v) is 7.25. The molecule has 152 valence electrons. The molecule has 6 heteroatoms. The van der Waals surface area contributed by atoms with Crippen molar-refractivity contribution in [3.05, 3.63) is 23.8 Å². The van der Waals surface area contributed by atoms with E-state index < -0.39 is 0 Å². The Morgan fingerprint density at radius 1 is 1.26 bits per heavy atom. The molecule has 0 amide bonds. The monoisotopic (exact) mass is 376 g/mol. The minimum Gasteiger partial charge on any atom is -0.497 e. The fourth-order valence-electron chi connectivity index (χ4n) is 3.66. The lowest BCUT2D eigenvalue weighted by Crippen LogP contribution is -2.43. The minimum absolute atomic E-state index is 0.721. The fraction of sp³-hybridized carbons (Fsp3) is 0.667. The zero-order chi connectivity index (χ0) is 19.6. The van der Waals surface area contributed by atoms with Gasteiger partial charge in [-0.1, -0.05) is 6.92 Å². The first-order valence-corrected chi connectivity index (χ1v) is 9.96. The van der Waals surface area contributed by atoms with Crippen molar-refractivity contribution in [3.63, 3.8) is 0 Å². The summed E-state index contributed by atoms with van der Waals surface area (Å²) < 4.78 is 10.8. The smallest absolute Gasteiger partial charge is 0.193 e. The van der Waals surface area contributed by atoms with Gasteiger partial charge in [0.1, 0.15) is 11.5 Å². The van der Waals surface area contributed by atoms with Crippen LogP contribution in [-0.4, -0.2) is 70.3 Å². The van der Waals surface area contributed by atoms with Gasteiger partial charge >= 0.3 is 0 Å². The van der Waals surface area contributed by atoms with E-state index in [-0.39, 0.29) is 0 Å². The van der Waals surface area contributed by atoms with E-state index in [9.17, 15) is 0 Å². The third kappa shape index (κ3) is 6.31. The van der Waals surface area contributed by atoms with Gasteiger partial charge in [-0.2, -0.15) is 0 Å². The molecule has 2 rings (SSSR count). The van der Waals surface area contributed by atoms with Gasteiger partial charge in [0.05, 0.1) is 14.2 Å². The summed E-state index contributed by atoms with van der Waals surface area (Å²) in [6.07, 6.45) is 3.77. The number of likely N-dealkylation sites (tertiary alicyclic amines) is 1. The lowest BCUT2D eigenvalue weighted by atomic mass is 9.97. The van der Waals surface area contributed by atoms with E-state index in [1.165, 1.54) is 38.9 Å². The molecule has 0 bridgehead atoms. The highest BCUT2D eigenvalue weighted by Crippen LogP contribution is 2.25. The molecule has 1 heterocycles. The summed E-state index contributed by atoms with van der Waals surface area (Å²) in [5.41, 5.74) is 1.11. The Morgan fingerprint density at radius 2 is 2.00 bits per heavy atom. The van der Waals surface area contributed by atoms with Crippen molar-refractivity contribution in [1.82, 2.24) is 15.1 Å². The van der Waals surface area contributed by atoms with Gasteiger partial charge < -0.3 is 24.6 Å². The molecule has 1 aliphatic heterocycles. The average molecular weight is 377 g/mol. The van der Waals surface area contributed by atoms with Gasteiger partial charge in [-0.05, 0) is 56.9 Å². The highest BCUT2D eigenvalue weighted by Gasteiger charge is 2.19. The predicted molar refractivity (Wildman–Crippen MR) is 112 cm³/mol. The zero-order valence-electron chi connectivity index (χ0n) is 17.6. The number of aliphatic imine (C=N–C) groups is 1. The fourth-order valence-corrected chi connectivity index (χ4v) is 3.66. The van der Waals surface area contributed by atoms with Gasteiger partial charge in [-0.25, -0.2) is 0 Å². The molecule has 0 unspecified atom stereocenters. The summed E-state index contributed by atoms with van der Waals surface area (Å²) in [5, 5.41) is 3.56. The van der Waals surface area contributed by atoms with E-state index >= 15 is 0 Å². The van der Waals surface area contributed by atoms with Gasteiger partial charge in [0.25, 0.3) is 0 Å².